The molecule has 19 heavy (non-hydrogen) atoms. The summed E-state index contributed by atoms with van der Waals surface area (Å²) in [5, 5.41) is 0. The van der Waals surface area contributed by atoms with Crippen LogP contribution in [0.4, 0.5) is 5.69 Å². The first-order chi connectivity index (χ1) is 9.04. The van der Waals surface area contributed by atoms with Crippen molar-refractivity contribution >= 4 is 23.3 Å². The van der Waals surface area contributed by atoms with Gasteiger partial charge in [0, 0.05) is 37.3 Å². The van der Waals surface area contributed by atoms with Crippen molar-refractivity contribution in [1.82, 2.24) is 0 Å². The molecule has 1 aromatic rings. The Morgan fingerprint density at radius 1 is 1.16 bits per heavy atom. The van der Waals surface area contributed by atoms with E-state index in [1.165, 1.54) is 5.69 Å². The zero-order chi connectivity index (χ0) is 13.8. The van der Waals surface area contributed by atoms with Crippen molar-refractivity contribution in [2.24, 2.45) is 4.99 Å². The maximum Gasteiger partial charge on any atom is 0.163 e. The largest absolute Gasteiger partial charge is 0.378 e. The van der Waals surface area contributed by atoms with Crippen molar-refractivity contribution in [3.05, 3.63) is 47.7 Å². The van der Waals surface area contributed by atoms with E-state index in [-0.39, 0.29) is 5.78 Å². The lowest BCUT2D eigenvalue weighted by Crippen LogP contribution is -2.08. The van der Waals surface area contributed by atoms with E-state index in [1.54, 1.807) is 6.08 Å². The average molecular weight is 254 g/mol. The second-order valence-electron chi connectivity index (χ2n) is 4.85. The molecule has 3 heteroatoms. The molecule has 98 valence electrons. The van der Waals surface area contributed by atoms with Crippen LogP contribution in [-0.2, 0) is 4.79 Å². The third kappa shape index (κ3) is 3.65. The van der Waals surface area contributed by atoms with Crippen molar-refractivity contribution in [2.75, 3.05) is 19.0 Å². The lowest BCUT2D eigenvalue weighted by molar-refractivity contribution is -0.113. The number of ketones is 1. The summed E-state index contributed by atoms with van der Waals surface area (Å²) >= 11 is 0. The van der Waals surface area contributed by atoms with E-state index in [9.17, 15) is 4.79 Å². The number of hydrogen-bond donors (Lipinski definition) is 0. The van der Waals surface area contributed by atoms with Crippen LogP contribution in [0.15, 0.2) is 47.1 Å². The van der Waals surface area contributed by atoms with E-state index in [0.29, 0.717) is 6.42 Å². The van der Waals surface area contributed by atoms with Gasteiger partial charge in [-0.1, -0.05) is 18.2 Å². The predicted molar refractivity (Wildman–Crippen MR) is 80.6 cm³/mol. The Balaban J connectivity index is 2.11. The molecule has 0 aromatic heterocycles. The summed E-state index contributed by atoms with van der Waals surface area (Å²) in [5.74, 6) is 0.120. The lowest BCUT2D eigenvalue weighted by atomic mass is 10.1. The average Bonchev–Trinajstić information content (AvgIpc) is 2.36. The molecule has 3 nitrogen and oxygen atoms in total. The molecule has 0 radical (unpaired) electrons. The third-order valence-corrected chi connectivity index (χ3v) is 2.92. The van der Waals surface area contributed by atoms with Crippen LogP contribution in [0.5, 0.6) is 0 Å². The highest BCUT2D eigenvalue weighted by Crippen LogP contribution is 2.14. The molecule has 1 heterocycles. The molecule has 0 atom stereocenters. The van der Waals surface area contributed by atoms with Gasteiger partial charge in [-0.15, -0.1) is 0 Å². The first-order valence-corrected chi connectivity index (χ1v) is 6.29. The minimum Gasteiger partial charge on any atom is -0.378 e. The minimum atomic E-state index is 0.120. The first kappa shape index (κ1) is 13.3. The van der Waals surface area contributed by atoms with Crippen LogP contribution in [-0.4, -0.2) is 25.6 Å². The second-order valence-corrected chi connectivity index (χ2v) is 4.85. The van der Waals surface area contributed by atoms with Crippen molar-refractivity contribution < 1.29 is 4.79 Å². The van der Waals surface area contributed by atoms with Gasteiger partial charge < -0.3 is 4.90 Å². The Morgan fingerprint density at radius 2 is 1.84 bits per heavy atom. The number of hydrogen-bond acceptors (Lipinski definition) is 3. The van der Waals surface area contributed by atoms with Crippen LogP contribution in [0, 0.1) is 0 Å². The number of aliphatic imine (C=N–C) groups is 1. The van der Waals surface area contributed by atoms with Crippen LogP contribution in [0.3, 0.4) is 0 Å². The van der Waals surface area contributed by atoms with Crippen molar-refractivity contribution in [1.29, 1.82) is 0 Å². The SMILES string of the molecule is CC1=CC(=O)CC(C=Cc2ccc(N(C)C)cc2)=N1. The molecule has 0 aliphatic carbocycles. The standard InChI is InChI=1S/C16H18N2O/c1-12-10-16(19)11-14(17-12)7-4-13-5-8-15(9-6-13)18(2)3/h4-10H,11H2,1-3H3. The van der Waals surface area contributed by atoms with E-state index < -0.39 is 0 Å². The van der Waals surface area contributed by atoms with Gasteiger partial charge in [0.25, 0.3) is 0 Å². The molecule has 0 spiro atoms. The third-order valence-electron chi connectivity index (χ3n) is 2.92. The number of benzene rings is 1. The van der Waals surface area contributed by atoms with Crippen LogP contribution in [0.25, 0.3) is 6.08 Å². The molecular weight excluding hydrogens is 236 g/mol. The lowest BCUT2D eigenvalue weighted by Gasteiger charge is -2.11. The molecule has 0 N–H and O–H groups in total. The van der Waals surface area contributed by atoms with Gasteiger partial charge in [0.15, 0.2) is 5.78 Å². The van der Waals surface area contributed by atoms with Gasteiger partial charge in [0.1, 0.15) is 0 Å². The fourth-order valence-electron chi connectivity index (χ4n) is 1.93. The number of anilines is 1. The van der Waals surface area contributed by atoms with Gasteiger partial charge in [0.05, 0.1) is 6.42 Å². The zero-order valence-electron chi connectivity index (χ0n) is 11.6. The number of rotatable bonds is 3. The molecule has 1 aromatic carbocycles. The van der Waals surface area contributed by atoms with E-state index in [4.69, 9.17) is 0 Å². The minimum absolute atomic E-state index is 0.120. The van der Waals surface area contributed by atoms with Gasteiger partial charge in [0.2, 0.25) is 0 Å². The first-order valence-electron chi connectivity index (χ1n) is 6.29. The van der Waals surface area contributed by atoms with E-state index in [1.807, 2.05) is 33.2 Å². The summed E-state index contributed by atoms with van der Waals surface area (Å²) in [5.41, 5.74) is 3.87. The summed E-state index contributed by atoms with van der Waals surface area (Å²) in [6.45, 7) is 1.84. The zero-order valence-corrected chi connectivity index (χ0v) is 11.6. The second kappa shape index (κ2) is 5.65. The smallest absolute Gasteiger partial charge is 0.163 e. The Bertz CT molecular complexity index is 563. The van der Waals surface area contributed by atoms with Gasteiger partial charge >= 0.3 is 0 Å². The summed E-state index contributed by atoms with van der Waals surface area (Å²) < 4.78 is 0. The Labute approximate surface area is 114 Å². The number of allylic oxidation sites excluding steroid dienone is 3. The van der Waals surface area contributed by atoms with Gasteiger partial charge in [-0.05, 0) is 30.7 Å². The number of nitrogens with zero attached hydrogens (tertiary/aromatic N) is 2. The highest BCUT2D eigenvalue weighted by Gasteiger charge is 2.08. The molecule has 2 rings (SSSR count). The molecule has 0 fully saturated rings. The molecule has 0 amide bonds. The molecule has 0 saturated heterocycles. The molecular formula is C16H18N2O. The highest BCUT2D eigenvalue weighted by atomic mass is 16.1. The van der Waals surface area contributed by atoms with E-state index >= 15 is 0 Å². The van der Waals surface area contributed by atoms with Gasteiger partial charge in [-0.3, -0.25) is 9.79 Å². The highest BCUT2D eigenvalue weighted by molar-refractivity contribution is 6.14. The van der Waals surface area contributed by atoms with E-state index in [2.05, 4.69) is 34.2 Å². The van der Waals surface area contributed by atoms with Crippen LogP contribution in [0.2, 0.25) is 0 Å². The topological polar surface area (TPSA) is 32.7 Å². The predicted octanol–water partition coefficient (Wildman–Crippen LogP) is 3.08. The van der Waals surface area contributed by atoms with Crippen molar-refractivity contribution in [3.63, 3.8) is 0 Å². The molecule has 0 saturated carbocycles. The fourth-order valence-corrected chi connectivity index (χ4v) is 1.93. The summed E-state index contributed by atoms with van der Waals surface area (Å²) in [6, 6.07) is 8.25. The Hall–Kier alpha value is -2.16. The van der Waals surface area contributed by atoms with Crippen LogP contribution < -0.4 is 4.90 Å². The van der Waals surface area contributed by atoms with Crippen LogP contribution in [0.1, 0.15) is 18.9 Å². The van der Waals surface area contributed by atoms with Crippen molar-refractivity contribution in [2.45, 2.75) is 13.3 Å². The van der Waals surface area contributed by atoms with Gasteiger partial charge in [-0.25, -0.2) is 0 Å². The van der Waals surface area contributed by atoms with Gasteiger partial charge in [-0.2, -0.15) is 0 Å². The maximum atomic E-state index is 11.4. The monoisotopic (exact) mass is 254 g/mol. The Morgan fingerprint density at radius 3 is 2.42 bits per heavy atom. The van der Waals surface area contributed by atoms with Crippen molar-refractivity contribution in [3.8, 4) is 0 Å². The quantitative estimate of drug-likeness (QED) is 0.830. The normalized spacial score (nSPS) is 15.4. The number of carbonyl (C=O) groups is 1. The molecule has 1 aliphatic rings. The van der Waals surface area contributed by atoms with Crippen LogP contribution >= 0.6 is 0 Å². The molecule has 0 unspecified atom stereocenters. The fraction of sp³-hybridized carbons (Fsp3) is 0.250. The summed E-state index contributed by atoms with van der Waals surface area (Å²) in [7, 11) is 4.03. The molecule has 0 bridgehead atoms. The Kier molecular flexibility index (Phi) is 3.95. The molecule has 1 aliphatic heterocycles. The maximum absolute atomic E-state index is 11.4. The van der Waals surface area contributed by atoms with E-state index in [0.717, 1.165) is 17.0 Å². The number of carbonyl (C=O) groups excluding carboxylic acids is 1. The summed E-state index contributed by atoms with van der Waals surface area (Å²) in [4.78, 5) is 17.8. The summed E-state index contributed by atoms with van der Waals surface area (Å²) in [6.07, 6.45) is 5.88.